The molecule has 0 spiro atoms. The van der Waals surface area contributed by atoms with Crippen LogP contribution in [0.5, 0.6) is 0 Å². The number of hydrogen-bond acceptors (Lipinski definition) is 5. The molecule has 26 heavy (non-hydrogen) atoms. The third kappa shape index (κ3) is 7.78. The topological polar surface area (TPSA) is 56.8 Å². The molecule has 6 nitrogen and oxygen atoms in total. The Kier molecular flexibility index (Phi) is 11.1. The molecule has 2 aliphatic rings. The van der Waals surface area contributed by atoms with Gasteiger partial charge in [0.25, 0.3) is 0 Å². The molecule has 2 saturated heterocycles. The van der Waals surface area contributed by atoms with Gasteiger partial charge in [-0.25, -0.2) is 0 Å². The van der Waals surface area contributed by atoms with Crippen molar-refractivity contribution in [2.75, 3.05) is 64.3 Å². The van der Waals surface area contributed by atoms with Crippen LogP contribution in [0.25, 0.3) is 0 Å². The van der Waals surface area contributed by atoms with Gasteiger partial charge in [0.05, 0.1) is 19.8 Å². The SMILES string of the molecule is Cl.Cl.O=C(CN1CCCNCC1)Nc1ccc(CN2CCOCC2)cc1. The van der Waals surface area contributed by atoms with E-state index in [2.05, 4.69) is 32.6 Å². The van der Waals surface area contributed by atoms with Crippen LogP contribution in [0.4, 0.5) is 5.69 Å². The Hall–Kier alpha value is -0.890. The molecule has 8 heteroatoms. The molecule has 0 aliphatic carbocycles. The third-order valence-electron chi connectivity index (χ3n) is 4.55. The number of carbonyl (C=O) groups excluding carboxylic acids is 1. The molecule has 0 unspecified atom stereocenters. The number of carbonyl (C=O) groups is 1. The zero-order valence-electron chi connectivity index (χ0n) is 15.1. The lowest BCUT2D eigenvalue weighted by Crippen LogP contribution is -2.36. The first-order chi connectivity index (χ1) is 11.8. The predicted molar refractivity (Wildman–Crippen MR) is 110 cm³/mol. The van der Waals surface area contributed by atoms with Gasteiger partial charge in [0, 0.05) is 38.4 Å². The number of morpholine rings is 1. The van der Waals surface area contributed by atoms with Crippen molar-refractivity contribution in [3.05, 3.63) is 29.8 Å². The van der Waals surface area contributed by atoms with Gasteiger partial charge >= 0.3 is 0 Å². The van der Waals surface area contributed by atoms with Crippen LogP contribution in [0.1, 0.15) is 12.0 Å². The number of nitrogens with one attached hydrogen (secondary N) is 2. The Morgan fingerprint density at radius 2 is 1.73 bits per heavy atom. The van der Waals surface area contributed by atoms with E-state index in [0.717, 1.165) is 71.1 Å². The number of amides is 1. The number of rotatable bonds is 5. The first-order valence-electron chi connectivity index (χ1n) is 8.91. The van der Waals surface area contributed by atoms with E-state index >= 15 is 0 Å². The quantitative estimate of drug-likeness (QED) is 0.780. The van der Waals surface area contributed by atoms with E-state index in [-0.39, 0.29) is 30.7 Å². The van der Waals surface area contributed by atoms with Crippen molar-refractivity contribution < 1.29 is 9.53 Å². The number of hydrogen-bond donors (Lipinski definition) is 2. The predicted octanol–water partition coefficient (Wildman–Crippen LogP) is 1.60. The first kappa shape index (κ1) is 23.1. The summed E-state index contributed by atoms with van der Waals surface area (Å²) in [6.45, 7) is 8.96. The summed E-state index contributed by atoms with van der Waals surface area (Å²) in [7, 11) is 0. The average Bonchev–Trinajstić information content (AvgIpc) is 2.86. The molecule has 3 rings (SSSR count). The molecule has 1 aromatic carbocycles. The molecule has 0 atom stereocenters. The Labute approximate surface area is 168 Å². The molecule has 1 amide bonds. The summed E-state index contributed by atoms with van der Waals surface area (Å²) in [6.07, 6.45) is 1.10. The van der Waals surface area contributed by atoms with E-state index < -0.39 is 0 Å². The number of benzene rings is 1. The minimum absolute atomic E-state index is 0. The monoisotopic (exact) mass is 404 g/mol. The highest BCUT2D eigenvalue weighted by molar-refractivity contribution is 5.92. The van der Waals surface area contributed by atoms with Gasteiger partial charge in [0.15, 0.2) is 0 Å². The van der Waals surface area contributed by atoms with E-state index in [1.54, 1.807) is 0 Å². The smallest absolute Gasteiger partial charge is 0.238 e. The summed E-state index contributed by atoms with van der Waals surface area (Å²) >= 11 is 0. The van der Waals surface area contributed by atoms with Gasteiger partial charge in [-0.2, -0.15) is 0 Å². The Morgan fingerprint density at radius 3 is 2.46 bits per heavy atom. The van der Waals surface area contributed by atoms with Crippen molar-refractivity contribution in [1.29, 1.82) is 0 Å². The fraction of sp³-hybridized carbons (Fsp3) is 0.611. The van der Waals surface area contributed by atoms with Crippen LogP contribution in [0.15, 0.2) is 24.3 Å². The molecule has 2 aliphatic heterocycles. The van der Waals surface area contributed by atoms with Gasteiger partial charge in [-0.05, 0) is 37.2 Å². The van der Waals surface area contributed by atoms with E-state index in [0.29, 0.717) is 6.54 Å². The van der Waals surface area contributed by atoms with Crippen molar-refractivity contribution >= 4 is 36.4 Å². The van der Waals surface area contributed by atoms with Crippen LogP contribution in [0, 0.1) is 0 Å². The second-order valence-corrected chi connectivity index (χ2v) is 6.51. The summed E-state index contributed by atoms with van der Waals surface area (Å²) in [5, 5.41) is 6.36. The van der Waals surface area contributed by atoms with Crippen molar-refractivity contribution in [1.82, 2.24) is 15.1 Å². The average molecular weight is 405 g/mol. The maximum absolute atomic E-state index is 12.2. The van der Waals surface area contributed by atoms with Crippen LogP contribution < -0.4 is 10.6 Å². The lowest BCUT2D eigenvalue weighted by atomic mass is 10.2. The van der Waals surface area contributed by atoms with Gasteiger partial charge in [-0.3, -0.25) is 14.6 Å². The molecule has 0 radical (unpaired) electrons. The van der Waals surface area contributed by atoms with Gasteiger partial charge in [-0.1, -0.05) is 12.1 Å². The lowest BCUT2D eigenvalue weighted by molar-refractivity contribution is -0.117. The molecular formula is C18H30Cl2N4O2. The fourth-order valence-electron chi connectivity index (χ4n) is 3.17. The maximum Gasteiger partial charge on any atom is 0.238 e. The van der Waals surface area contributed by atoms with Gasteiger partial charge < -0.3 is 15.4 Å². The number of nitrogens with zero attached hydrogens (tertiary/aromatic N) is 2. The summed E-state index contributed by atoms with van der Waals surface area (Å²) in [4.78, 5) is 16.8. The fourth-order valence-corrected chi connectivity index (χ4v) is 3.17. The van der Waals surface area contributed by atoms with Crippen molar-refractivity contribution in [3.8, 4) is 0 Å². The summed E-state index contributed by atoms with van der Waals surface area (Å²) in [6, 6.07) is 8.19. The van der Waals surface area contributed by atoms with Crippen LogP contribution in [0.2, 0.25) is 0 Å². The third-order valence-corrected chi connectivity index (χ3v) is 4.55. The standard InChI is InChI=1S/C18H28N4O2.2ClH/c23-18(15-21-8-1-6-19-7-9-21)20-17-4-2-16(3-5-17)14-22-10-12-24-13-11-22;;/h2-5,19H,1,6-15H2,(H,20,23);2*1H. The summed E-state index contributed by atoms with van der Waals surface area (Å²) in [5.41, 5.74) is 2.15. The van der Waals surface area contributed by atoms with Crippen molar-refractivity contribution in [3.63, 3.8) is 0 Å². The minimum Gasteiger partial charge on any atom is -0.379 e. The molecule has 1 aromatic rings. The molecule has 0 aromatic heterocycles. The Bertz CT molecular complexity index is 516. The Balaban J connectivity index is 0.00000169. The van der Waals surface area contributed by atoms with Crippen LogP contribution in [-0.4, -0.2) is 74.7 Å². The summed E-state index contributed by atoms with van der Waals surface area (Å²) in [5.74, 6) is 0.0674. The number of ether oxygens (including phenoxy) is 1. The van der Waals surface area contributed by atoms with Crippen LogP contribution >= 0.6 is 24.8 Å². The number of anilines is 1. The van der Waals surface area contributed by atoms with Gasteiger partial charge in [-0.15, -0.1) is 24.8 Å². The Morgan fingerprint density at radius 1 is 1.00 bits per heavy atom. The van der Waals surface area contributed by atoms with Crippen LogP contribution in [0.3, 0.4) is 0 Å². The molecule has 2 fully saturated rings. The second-order valence-electron chi connectivity index (χ2n) is 6.51. The zero-order valence-corrected chi connectivity index (χ0v) is 16.7. The molecule has 0 saturated carbocycles. The maximum atomic E-state index is 12.2. The molecule has 2 N–H and O–H groups in total. The van der Waals surface area contributed by atoms with Gasteiger partial charge in [0.1, 0.15) is 0 Å². The highest BCUT2D eigenvalue weighted by atomic mass is 35.5. The van der Waals surface area contributed by atoms with E-state index in [1.807, 2.05) is 12.1 Å². The van der Waals surface area contributed by atoms with Crippen molar-refractivity contribution in [2.24, 2.45) is 0 Å². The van der Waals surface area contributed by atoms with Crippen LogP contribution in [-0.2, 0) is 16.1 Å². The lowest BCUT2D eigenvalue weighted by Gasteiger charge is -2.26. The van der Waals surface area contributed by atoms with E-state index in [1.165, 1.54) is 5.56 Å². The molecule has 2 heterocycles. The highest BCUT2D eigenvalue weighted by Gasteiger charge is 2.13. The molecule has 0 bridgehead atoms. The van der Waals surface area contributed by atoms with E-state index in [9.17, 15) is 4.79 Å². The second kappa shape index (κ2) is 12.5. The normalized spacial score (nSPS) is 18.9. The minimum atomic E-state index is 0. The zero-order chi connectivity index (χ0) is 16.6. The van der Waals surface area contributed by atoms with Crippen molar-refractivity contribution in [2.45, 2.75) is 13.0 Å². The van der Waals surface area contributed by atoms with E-state index in [4.69, 9.17) is 4.74 Å². The van der Waals surface area contributed by atoms with Gasteiger partial charge in [0.2, 0.25) is 5.91 Å². The first-order valence-corrected chi connectivity index (χ1v) is 8.91. The number of halogens is 2. The largest absolute Gasteiger partial charge is 0.379 e. The highest BCUT2D eigenvalue weighted by Crippen LogP contribution is 2.12. The summed E-state index contributed by atoms with van der Waals surface area (Å²) < 4.78 is 5.37. The molecule has 148 valence electrons. The molecular weight excluding hydrogens is 375 g/mol.